The molecule has 0 aliphatic carbocycles. The topological polar surface area (TPSA) is 175 Å². The molecule has 0 bridgehead atoms. The molecule has 0 aromatic heterocycles. The highest BCUT2D eigenvalue weighted by Gasteiger charge is 2.15. The number of nitrogens with zero attached hydrogens (tertiary/aromatic N) is 2. The molecular formula is C18H25N7O4. The van der Waals surface area contributed by atoms with Crippen LogP contribution in [0.15, 0.2) is 23.3 Å². The maximum Gasteiger partial charge on any atom is 0.407 e. The van der Waals surface area contributed by atoms with Gasteiger partial charge in [0, 0.05) is 13.1 Å². The number of alkyl carbamates (subject to hydrolysis) is 1. The van der Waals surface area contributed by atoms with Crippen LogP contribution in [0.1, 0.15) is 31.1 Å². The number of anilines is 2. The molecule has 156 valence electrons. The summed E-state index contributed by atoms with van der Waals surface area (Å²) in [6.07, 6.45) is -0.539. The molecule has 0 heterocycles. The molecule has 29 heavy (non-hydrogen) atoms. The lowest BCUT2D eigenvalue weighted by atomic mass is 10.1. The first-order chi connectivity index (χ1) is 13.6. The number of nitrogens with two attached hydrogens (primary N) is 1. The number of methoxy groups -OCH3 is 1. The molecule has 0 aliphatic heterocycles. The molecule has 0 saturated heterocycles. The van der Waals surface area contributed by atoms with Gasteiger partial charge in [-0.05, 0) is 39.0 Å². The molecule has 1 aromatic rings. The average Bonchev–Trinajstić information content (AvgIpc) is 2.64. The quantitative estimate of drug-likeness (QED) is 0.143. The third-order valence-electron chi connectivity index (χ3n) is 3.20. The molecule has 1 rings (SSSR count). The zero-order valence-electron chi connectivity index (χ0n) is 16.8. The van der Waals surface area contributed by atoms with Crippen molar-refractivity contribution in [1.29, 1.82) is 10.7 Å². The molecule has 1 aromatic carbocycles. The monoisotopic (exact) mass is 403 g/mol. The van der Waals surface area contributed by atoms with Crippen molar-refractivity contribution in [3.8, 4) is 6.07 Å². The predicted octanol–water partition coefficient (Wildman–Crippen LogP) is 1.64. The third-order valence-corrected chi connectivity index (χ3v) is 3.20. The molecule has 0 aliphatic rings. The van der Waals surface area contributed by atoms with Crippen LogP contribution in [0.2, 0.25) is 0 Å². The highest BCUT2D eigenvalue weighted by Crippen LogP contribution is 2.24. The minimum absolute atomic E-state index is 0.254. The molecule has 6 N–H and O–H groups in total. The first-order valence-electron chi connectivity index (χ1n) is 8.58. The summed E-state index contributed by atoms with van der Waals surface area (Å²) in [6, 6.07) is 6.30. The van der Waals surface area contributed by atoms with Crippen LogP contribution < -0.4 is 21.8 Å². The summed E-state index contributed by atoms with van der Waals surface area (Å²) in [7, 11) is 1.26. The summed E-state index contributed by atoms with van der Waals surface area (Å²) < 4.78 is 9.84. The van der Waals surface area contributed by atoms with Gasteiger partial charge in [0.2, 0.25) is 5.71 Å². The van der Waals surface area contributed by atoms with Gasteiger partial charge in [-0.2, -0.15) is 10.4 Å². The van der Waals surface area contributed by atoms with Crippen molar-refractivity contribution < 1.29 is 19.1 Å². The first-order valence-corrected chi connectivity index (χ1v) is 8.58. The second-order valence-corrected chi connectivity index (χ2v) is 6.71. The van der Waals surface area contributed by atoms with Gasteiger partial charge in [0.1, 0.15) is 11.7 Å². The Balaban J connectivity index is 2.87. The van der Waals surface area contributed by atoms with Crippen LogP contribution in [-0.4, -0.2) is 49.4 Å². The Labute approximate surface area is 168 Å². The fourth-order valence-electron chi connectivity index (χ4n) is 1.97. The number of hydrazone groups is 1. The zero-order chi connectivity index (χ0) is 22.0. The number of ether oxygens (including phenoxy) is 2. The number of hydrogen-bond acceptors (Lipinski definition) is 9. The fraction of sp³-hybridized carbons (Fsp3) is 0.389. The molecule has 0 spiro atoms. The van der Waals surface area contributed by atoms with Crippen LogP contribution in [-0.2, 0) is 9.47 Å². The smallest absolute Gasteiger partial charge is 0.407 e. The van der Waals surface area contributed by atoms with Crippen LogP contribution in [0.25, 0.3) is 0 Å². The van der Waals surface area contributed by atoms with E-state index in [9.17, 15) is 9.59 Å². The Morgan fingerprint density at radius 2 is 1.97 bits per heavy atom. The number of carbonyl (C=O) groups is 2. The van der Waals surface area contributed by atoms with E-state index in [1.807, 2.05) is 0 Å². The maximum atomic E-state index is 11.8. The standard InChI is InChI=1S/C18H25N7O4/c1-18(2,3)29-17(27)23-8-7-22-12-6-5-11(16(26)28-4)9-13(12)24-25-14(10-19)15(20)21/h5-6,9,22,24H,7-8H2,1-4H3,(H3,20,21)(H,23,27)/b25-14+. The Bertz CT molecular complexity index is 838. The Morgan fingerprint density at radius 3 is 2.52 bits per heavy atom. The van der Waals surface area contributed by atoms with Gasteiger partial charge in [-0.3, -0.25) is 10.8 Å². The SMILES string of the molecule is COC(=O)c1ccc(NCCNC(=O)OC(C)(C)C)c(N/N=C(\C#N)C(=N)N)c1. The van der Waals surface area contributed by atoms with Gasteiger partial charge < -0.3 is 25.8 Å². The van der Waals surface area contributed by atoms with Crippen LogP contribution in [0, 0.1) is 16.7 Å². The Morgan fingerprint density at radius 1 is 1.28 bits per heavy atom. The number of nitriles is 1. The molecule has 0 atom stereocenters. The van der Waals surface area contributed by atoms with Gasteiger partial charge in [-0.1, -0.05) is 0 Å². The molecule has 0 saturated carbocycles. The summed E-state index contributed by atoms with van der Waals surface area (Å²) >= 11 is 0. The normalized spacial score (nSPS) is 11.1. The van der Waals surface area contributed by atoms with E-state index in [0.717, 1.165) is 0 Å². The average molecular weight is 403 g/mol. The van der Waals surface area contributed by atoms with Gasteiger partial charge in [0.15, 0.2) is 5.84 Å². The Hall–Kier alpha value is -3.81. The lowest BCUT2D eigenvalue weighted by Gasteiger charge is -2.20. The largest absolute Gasteiger partial charge is 0.465 e. The van der Waals surface area contributed by atoms with Crippen molar-refractivity contribution >= 4 is 35.0 Å². The first kappa shape index (κ1) is 23.2. The van der Waals surface area contributed by atoms with Crippen molar-refractivity contribution in [1.82, 2.24) is 5.32 Å². The van der Waals surface area contributed by atoms with Crippen molar-refractivity contribution in [2.75, 3.05) is 30.9 Å². The lowest BCUT2D eigenvalue weighted by Crippen LogP contribution is -2.35. The molecule has 11 nitrogen and oxygen atoms in total. The van der Waals surface area contributed by atoms with E-state index in [4.69, 9.17) is 21.1 Å². The Kier molecular flexibility index (Phi) is 8.41. The lowest BCUT2D eigenvalue weighted by molar-refractivity contribution is 0.0528. The van der Waals surface area contributed by atoms with Gasteiger partial charge in [-0.25, -0.2) is 9.59 Å². The summed E-state index contributed by atoms with van der Waals surface area (Å²) in [5, 5.41) is 25.7. The van der Waals surface area contributed by atoms with Crippen LogP contribution in [0.3, 0.4) is 0 Å². The number of benzene rings is 1. The number of amidine groups is 1. The number of carbonyl (C=O) groups excluding carboxylic acids is 2. The molecule has 0 unspecified atom stereocenters. The number of esters is 1. The highest BCUT2D eigenvalue weighted by atomic mass is 16.6. The number of hydrogen-bond donors (Lipinski definition) is 5. The van der Waals surface area contributed by atoms with E-state index >= 15 is 0 Å². The van der Waals surface area contributed by atoms with E-state index in [1.165, 1.54) is 13.2 Å². The van der Waals surface area contributed by atoms with E-state index in [2.05, 4.69) is 25.9 Å². The highest BCUT2D eigenvalue weighted by molar-refractivity contribution is 6.45. The summed E-state index contributed by atoms with van der Waals surface area (Å²) in [4.78, 5) is 23.4. The van der Waals surface area contributed by atoms with Crippen LogP contribution >= 0.6 is 0 Å². The molecule has 1 amide bonds. The van der Waals surface area contributed by atoms with Gasteiger partial charge >= 0.3 is 12.1 Å². The molecular weight excluding hydrogens is 378 g/mol. The van der Waals surface area contributed by atoms with E-state index < -0.39 is 23.5 Å². The number of amides is 1. The number of nitrogens with one attached hydrogen (secondary N) is 4. The minimum Gasteiger partial charge on any atom is -0.465 e. The number of rotatable bonds is 8. The zero-order valence-corrected chi connectivity index (χ0v) is 16.8. The summed E-state index contributed by atoms with van der Waals surface area (Å²) in [5.41, 5.74) is 8.11. The van der Waals surface area contributed by atoms with Gasteiger partial charge in [0.05, 0.1) is 24.0 Å². The molecule has 0 radical (unpaired) electrons. The van der Waals surface area contributed by atoms with E-state index in [1.54, 1.807) is 39.0 Å². The molecule has 11 heteroatoms. The second kappa shape index (κ2) is 10.5. The van der Waals surface area contributed by atoms with E-state index in [-0.39, 0.29) is 17.8 Å². The van der Waals surface area contributed by atoms with Crippen molar-refractivity contribution in [3.63, 3.8) is 0 Å². The maximum absolute atomic E-state index is 11.8. The van der Waals surface area contributed by atoms with Gasteiger partial charge in [-0.15, -0.1) is 0 Å². The fourth-order valence-corrected chi connectivity index (χ4v) is 1.97. The van der Waals surface area contributed by atoms with Gasteiger partial charge in [0.25, 0.3) is 0 Å². The van der Waals surface area contributed by atoms with Crippen molar-refractivity contribution in [2.24, 2.45) is 10.8 Å². The van der Waals surface area contributed by atoms with Crippen molar-refractivity contribution in [2.45, 2.75) is 26.4 Å². The van der Waals surface area contributed by atoms with E-state index in [0.29, 0.717) is 17.9 Å². The minimum atomic E-state index is -0.592. The van der Waals surface area contributed by atoms with Crippen LogP contribution in [0.4, 0.5) is 16.2 Å². The second-order valence-electron chi connectivity index (χ2n) is 6.71. The van der Waals surface area contributed by atoms with Crippen LogP contribution in [0.5, 0.6) is 0 Å². The summed E-state index contributed by atoms with van der Waals surface area (Å²) in [5.74, 6) is -1.05. The van der Waals surface area contributed by atoms with Crippen molar-refractivity contribution in [3.05, 3.63) is 23.8 Å². The third kappa shape index (κ3) is 8.17. The molecule has 0 fully saturated rings. The predicted molar refractivity (Wildman–Crippen MR) is 109 cm³/mol. The summed E-state index contributed by atoms with van der Waals surface area (Å²) in [6.45, 7) is 5.91.